The minimum atomic E-state index is -1.84. The number of rotatable bonds is 33. The molecule has 2 aliphatic carbocycles. The van der Waals surface area contributed by atoms with Gasteiger partial charge in [-0.05, 0) is 258 Å². The molecule has 6 aliphatic heterocycles. The molecule has 6 saturated heterocycles. The normalized spacial score (nSPS) is 25.7. The number of aryl methyl sites for hydroxylation is 3. The van der Waals surface area contributed by atoms with E-state index in [9.17, 15) is 31.2 Å². The topological polar surface area (TPSA) is 297 Å². The zero-order valence-electron chi connectivity index (χ0n) is 74.3. The molecule has 2 saturated carbocycles. The van der Waals surface area contributed by atoms with Crippen molar-refractivity contribution < 1.29 is 88.4 Å². The molecule has 9 rings (SSSR count). The van der Waals surface area contributed by atoms with Gasteiger partial charge in [0.25, 0.3) is 0 Å². The van der Waals surface area contributed by atoms with E-state index in [4.69, 9.17) is 28.4 Å². The van der Waals surface area contributed by atoms with Gasteiger partial charge >= 0.3 is 35.8 Å². The van der Waals surface area contributed by atoms with Crippen LogP contribution < -0.4 is 0 Å². The lowest BCUT2D eigenvalue weighted by molar-refractivity contribution is -0.301. The molecule has 1 aromatic rings. The summed E-state index contributed by atoms with van der Waals surface area (Å²) in [5.74, 6) is -4.25. The van der Waals surface area contributed by atoms with E-state index in [0.29, 0.717) is 109 Å². The molecular weight excluding hydrogens is 1450 g/mol. The van der Waals surface area contributed by atoms with Crippen molar-refractivity contribution in [3.8, 4) is 0 Å². The van der Waals surface area contributed by atoms with Gasteiger partial charge in [0.15, 0.2) is 16.2 Å². The van der Waals surface area contributed by atoms with Crippen LogP contribution in [0, 0.1) is 16.2 Å². The first-order valence-corrected chi connectivity index (χ1v) is 43.7. The fourth-order valence-corrected chi connectivity index (χ4v) is 22.0. The molecule has 6 radical (unpaired) electrons. The van der Waals surface area contributed by atoms with E-state index in [0.717, 1.165) is 42.0 Å². The molecule has 1 aromatic carbocycles. The third kappa shape index (κ3) is 20.1. The largest absolute Gasteiger partial charge is 0.461 e. The first kappa shape index (κ1) is 93.4. The maximum Gasteiger partial charge on any atom is 0.323 e. The number of unbranched alkanes of at least 4 members (excludes halogenated alkanes) is 3. The molecule has 24 heteroatoms. The Hall–Kier alpha value is -4.44. The Morgan fingerprint density at radius 2 is 0.491 bits per heavy atom. The predicted octanol–water partition coefficient (Wildman–Crippen LogP) is 17.2. The number of hydrogen-bond donors (Lipinski definition) is 0. The number of carbonyl (C=O) groups excluding carboxylic acids is 6. The zero-order chi connectivity index (χ0) is 85.0. The first-order chi connectivity index (χ1) is 52.5. The van der Waals surface area contributed by atoms with Gasteiger partial charge in [0, 0.05) is 132 Å². The number of nitrogens with zero attached hydrogens (tertiary/aromatic N) is 6. The number of hydrogen-bond acceptors (Lipinski definition) is 18. The summed E-state index contributed by atoms with van der Waals surface area (Å²) in [5, 5.41) is 89.1. The number of carbonyl (C=O) groups is 6. The van der Waals surface area contributed by atoms with Crippen LogP contribution in [-0.4, -0.2) is 169 Å². The smallest absolute Gasteiger partial charge is 0.323 e. The molecular formula is C90H146N6O18. The van der Waals surface area contributed by atoms with Crippen molar-refractivity contribution >= 4 is 35.8 Å². The van der Waals surface area contributed by atoms with E-state index in [1.807, 2.05) is 171 Å². The second-order valence-corrected chi connectivity index (χ2v) is 43.2. The first-order valence-electron chi connectivity index (χ1n) is 43.7. The minimum absolute atomic E-state index is 0.00612. The summed E-state index contributed by atoms with van der Waals surface area (Å²) in [5.41, 5.74) is -13.1. The second-order valence-electron chi connectivity index (χ2n) is 43.2. The van der Waals surface area contributed by atoms with Gasteiger partial charge in [0.2, 0.25) is 0 Å². The molecule has 24 nitrogen and oxygen atoms in total. The van der Waals surface area contributed by atoms with Gasteiger partial charge in [-0.2, -0.15) is 0 Å². The van der Waals surface area contributed by atoms with Crippen LogP contribution in [0.4, 0.5) is 0 Å². The fraction of sp³-hybridized carbons (Fsp3) is 0.867. The summed E-state index contributed by atoms with van der Waals surface area (Å²) in [7, 11) is 0. The highest BCUT2D eigenvalue weighted by atomic mass is 16.6. The van der Waals surface area contributed by atoms with Gasteiger partial charge < -0.3 is 28.4 Å². The predicted molar refractivity (Wildman–Crippen MR) is 426 cm³/mol. The molecule has 0 N–H and O–H groups in total. The third-order valence-electron chi connectivity index (χ3n) is 27.8. The molecule has 1 unspecified atom stereocenters. The third-order valence-corrected chi connectivity index (χ3v) is 27.8. The molecule has 644 valence electrons. The van der Waals surface area contributed by atoms with E-state index in [-0.39, 0.29) is 109 Å². The summed E-state index contributed by atoms with van der Waals surface area (Å²) < 4.78 is 39.7. The zero-order valence-corrected chi connectivity index (χ0v) is 74.3. The number of ether oxygens (including phenoxy) is 6. The molecule has 8 fully saturated rings. The van der Waals surface area contributed by atoms with Crippen LogP contribution in [0.2, 0.25) is 0 Å². The van der Waals surface area contributed by atoms with Gasteiger partial charge in [0.1, 0.15) is 36.6 Å². The molecule has 0 bridgehead atoms. The monoisotopic (exact) mass is 1600 g/mol. The van der Waals surface area contributed by atoms with E-state index in [1.165, 1.54) is 5.06 Å². The van der Waals surface area contributed by atoms with Crippen molar-refractivity contribution in [3.63, 3.8) is 0 Å². The minimum Gasteiger partial charge on any atom is -0.461 e. The van der Waals surface area contributed by atoms with Gasteiger partial charge in [-0.1, -0.05) is 77.5 Å². The Bertz CT molecular complexity index is 3290. The van der Waals surface area contributed by atoms with Crippen LogP contribution in [0.3, 0.4) is 0 Å². The highest BCUT2D eigenvalue weighted by Crippen LogP contribution is 2.61. The summed E-state index contributed by atoms with van der Waals surface area (Å²) in [4.78, 5) is 94.2. The maximum atomic E-state index is 15.8. The molecule has 2 spiro atoms. The number of hydroxylamine groups is 12. The van der Waals surface area contributed by atoms with Crippen LogP contribution in [0.25, 0.3) is 0 Å². The van der Waals surface area contributed by atoms with Crippen molar-refractivity contribution in [3.05, 3.63) is 34.9 Å². The Balaban J connectivity index is 1.10. The van der Waals surface area contributed by atoms with Crippen molar-refractivity contribution in [2.45, 2.75) is 481 Å². The molecule has 0 amide bonds. The van der Waals surface area contributed by atoms with E-state index < -0.39 is 155 Å². The molecule has 8 aliphatic rings. The summed E-state index contributed by atoms with van der Waals surface area (Å²) in [6.45, 7) is 42.6. The standard InChI is InChI=1S/C90H146N6O18/c1-24-27-38-88(70(97)109-64-49-76(4,5)91(103)77(6,7)50-64,71(98)110-65-51-78(8,9)92(104)79(10,11)52-65)41-30-33-61-36-37-62(34-31-42-89(39-28-25-2,72(99)111-66-53-80(12,13)93(105)81(14,15)54-66)75(102)114-69-59-86(44-45-86)96(108)87(60-69)46-47-87)63(48-61)35-32-43-90(40-29-26-3,73(100)112-67-55-82(16,17)94(106)83(18,19)56-67)74(101)113-68-57-84(20,21)95(107)85(22,23)58-68/h36-37,48,64-69H,24-35,38-47,49-60H2,1-23H3. The second kappa shape index (κ2) is 34.2. The van der Waals surface area contributed by atoms with Gasteiger partial charge in [-0.15, -0.1) is 61.6 Å². The van der Waals surface area contributed by atoms with E-state index in [2.05, 4.69) is 6.07 Å². The van der Waals surface area contributed by atoms with E-state index >= 15 is 28.8 Å². The lowest BCUT2D eigenvalue weighted by Gasteiger charge is -2.50. The Labute approximate surface area is 683 Å². The van der Waals surface area contributed by atoms with Crippen molar-refractivity contribution in [1.29, 1.82) is 0 Å². The number of esters is 6. The molecule has 0 aromatic heterocycles. The average molecular weight is 1600 g/mol. The summed E-state index contributed by atoms with van der Waals surface area (Å²) in [6.07, 6.45) is 7.39. The van der Waals surface area contributed by atoms with Crippen LogP contribution in [0.5, 0.6) is 0 Å². The summed E-state index contributed by atoms with van der Waals surface area (Å²) >= 11 is 0. The lowest BCUT2D eigenvalue weighted by Crippen LogP contribution is -2.61. The van der Waals surface area contributed by atoms with Gasteiger partial charge in [-0.3, -0.25) is 28.8 Å². The number of piperidine rings is 6. The highest BCUT2D eigenvalue weighted by Gasteiger charge is 2.67. The Kier molecular flexibility index (Phi) is 28.0. The Morgan fingerprint density at radius 1 is 0.289 bits per heavy atom. The lowest BCUT2D eigenvalue weighted by atomic mass is 9.75. The molecule has 1 atom stereocenters. The quantitative estimate of drug-likeness (QED) is 0.0359. The van der Waals surface area contributed by atoms with Crippen LogP contribution in [0.15, 0.2) is 18.2 Å². The van der Waals surface area contributed by atoms with Crippen molar-refractivity contribution in [2.24, 2.45) is 16.2 Å². The SMILES string of the molecule is CCCCC(CCCc1ccc(CCCC(CCCC)(C(=O)OC2CC(C)(C)N([O])C(C)(C)C2)C(=O)OC2CC3(CC3)N([O])C3(CC3)C2)c(CCCC(CCCC)(C(=O)OC2CC(C)(C)N([O])C(C)(C)C2)C(=O)OC2CC(C)(C)N([O])C(C)(C)C2)c1)(C(=O)OC1CC(C)(C)N([O])C(C)(C)C1)C(=O)OC1CC(C)(C)N([O])C(C)(C)C1. The average Bonchev–Trinajstić information content (AvgIpc) is 1.55. The van der Waals surface area contributed by atoms with Crippen molar-refractivity contribution in [2.75, 3.05) is 0 Å². The summed E-state index contributed by atoms with van der Waals surface area (Å²) in [6, 6.07) is 6.14. The van der Waals surface area contributed by atoms with Gasteiger partial charge in [0.05, 0.1) is 11.1 Å². The van der Waals surface area contributed by atoms with Crippen LogP contribution in [-0.2, 0) is 108 Å². The maximum absolute atomic E-state index is 15.8. The van der Waals surface area contributed by atoms with E-state index in [1.54, 1.807) is 0 Å². The molecule has 6 heterocycles. The molecule has 114 heavy (non-hydrogen) atoms. The van der Waals surface area contributed by atoms with Crippen LogP contribution >= 0.6 is 0 Å². The fourth-order valence-electron chi connectivity index (χ4n) is 22.0. The number of benzene rings is 1. The highest BCUT2D eigenvalue weighted by molar-refractivity contribution is 6.01. The van der Waals surface area contributed by atoms with Crippen LogP contribution in [0.1, 0.15) is 375 Å². The van der Waals surface area contributed by atoms with Crippen molar-refractivity contribution in [1.82, 2.24) is 30.4 Å². The Morgan fingerprint density at radius 3 is 0.711 bits per heavy atom. The van der Waals surface area contributed by atoms with Gasteiger partial charge in [-0.25, -0.2) is 0 Å².